The standard InChI is InChI=1S/C19H17FN4O/c1-23-10-15(8-22-23)18-12-24(11-13-4-2-3-5-17(13)18)19(25)14-6-16(20)9-21-7-14/h2-10,18H,11-12H2,1H3/t18-/m0/s1. The molecule has 0 saturated carbocycles. The van der Waals surface area contributed by atoms with Crippen LogP contribution in [0.15, 0.2) is 55.1 Å². The lowest BCUT2D eigenvalue weighted by molar-refractivity contribution is 0.0724. The number of carbonyl (C=O) groups is 1. The normalized spacial score (nSPS) is 16.6. The molecule has 5 nitrogen and oxygen atoms in total. The Morgan fingerprint density at radius 3 is 2.84 bits per heavy atom. The van der Waals surface area contributed by atoms with Gasteiger partial charge in [-0.15, -0.1) is 0 Å². The SMILES string of the molecule is Cn1cc([C@@H]2CN(C(=O)c3cncc(F)c3)Cc3ccccc32)cn1. The third kappa shape index (κ3) is 2.91. The number of hydrogen-bond acceptors (Lipinski definition) is 3. The van der Waals surface area contributed by atoms with Crippen LogP contribution in [0, 0.1) is 5.82 Å². The van der Waals surface area contributed by atoms with Crippen LogP contribution >= 0.6 is 0 Å². The molecule has 126 valence electrons. The van der Waals surface area contributed by atoms with Gasteiger partial charge in [0.15, 0.2) is 0 Å². The van der Waals surface area contributed by atoms with Gasteiger partial charge in [-0.05, 0) is 22.8 Å². The number of rotatable bonds is 2. The van der Waals surface area contributed by atoms with Crippen LogP contribution in [-0.4, -0.2) is 32.1 Å². The second kappa shape index (κ2) is 6.12. The zero-order valence-corrected chi connectivity index (χ0v) is 13.8. The number of benzene rings is 1. The van der Waals surface area contributed by atoms with Crippen molar-refractivity contribution in [2.45, 2.75) is 12.5 Å². The Morgan fingerprint density at radius 2 is 2.08 bits per heavy atom. The summed E-state index contributed by atoms with van der Waals surface area (Å²) in [6, 6.07) is 9.34. The average Bonchev–Trinajstić information content (AvgIpc) is 3.06. The Labute approximate surface area is 144 Å². The number of nitrogens with zero attached hydrogens (tertiary/aromatic N) is 4. The minimum absolute atomic E-state index is 0.0455. The zero-order chi connectivity index (χ0) is 17.4. The van der Waals surface area contributed by atoms with Gasteiger partial charge < -0.3 is 4.90 Å². The van der Waals surface area contributed by atoms with Crippen LogP contribution in [0.4, 0.5) is 4.39 Å². The highest BCUT2D eigenvalue weighted by atomic mass is 19.1. The van der Waals surface area contributed by atoms with Crippen molar-refractivity contribution in [3.05, 3.63) is 83.2 Å². The van der Waals surface area contributed by atoms with E-state index in [4.69, 9.17) is 0 Å². The fraction of sp³-hybridized carbons (Fsp3) is 0.211. The van der Waals surface area contributed by atoms with Gasteiger partial charge in [0.1, 0.15) is 5.82 Å². The molecule has 0 radical (unpaired) electrons. The van der Waals surface area contributed by atoms with Crippen LogP contribution in [0.25, 0.3) is 0 Å². The summed E-state index contributed by atoms with van der Waals surface area (Å²) in [6.45, 7) is 1.03. The smallest absolute Gasteiger partial charge is 0.255 e. The van der Waals surface area contributed by atoms with Crippen molar-refractivity contribution in [2.24, 2.45) is 7.05 Å². The van der Waals surface area contributed by atoms with Crippen LogP contribution in [0.2, 0.25) is 0 Å². The summed E-state index contributed by atoms with van der Waals surface area (Å²) in [7, 11) is 1.87. The first-order valence-corrected chi connectivity index (χ1v) is 8.08. The monoisotopic (exact) mass is 336 g/mol. The molecule has 1 aliphatic rings. The van der Waals surface area contributed by atoms with E-state index in [1.807, 2.05) is 37.6 Å². The van der Waals surface area contributed by atoms with Gasteiger partial charge in [0.25, 0.3) is 5.91 Å². The van der Waals surface area contributed by atoms with Crippen LogP contribution in [0.5, 0.6) is 0 Å². The first kappa shape index (κ1) is 15.5. The van der Waals surface area contributed by atoms with Crippen molar-refractivity contribution < 1.29 is 9.18 Å². The second-order valence-electron chi connectivity index (χ2n) is 6.28. The molecule has 1 atom stereocenters. The van der Waals surface area contributed by atoms with Crippen molar-refractivity contribution in [2.75, 3.05) is 6.54 Å². The molecule has 1 aromatic carbocycles. The van der Waals surface area contributed by atoms with E-state index >= 15 is 0 Å². The highest BCUT2D eigenvalue weighted by molar-refractivity contribution is 5.94. The molecule has 0 aliphatic carbocycles. The van der Waals surface area contributed by atoms with Gasteiger partial charge >= 0.3 is 0 Å². The van der Waals surface area contributed by atoms with Gasteiger partial charge in [-0.1, -0.05) is 24.3 Å². The van der Waals surface area contributed by atoms with Gasteiger partial charge in [-0.25, -0.2) is 4.39 Å². The molecule has 0 spiro atoms. The van der Waals surface area contributed by atoms with Crippen LogP contribution < -0.4 is 0 Å². The molecule has 0 N–H and O–H groups in total. The average molecular weight is 336 g/mol. The second-order valence-corrected chi connectivity index (χ2v) is 6.28. The molecule has 6 heteroatoms. The summed E-state index contributed by atoms with van der Waals surface area (Å²) in [5, 5.41) is 4.26. The van der Waals surface area contributed by atoms with Crippen molar-refractivity contribution in [1.82, 2.24) is 19.7 Å². The predicted molar refractivity (Wildman–Crippen MR) is 90.4 cm³/mol. The summed E-state index contributed by atoms with van der Waals surface area (Å²) in [6.07, 6.45) is 6.31. The Balaban J connectivity index is 1.71. The number of hydrogen-bond donors (Lipinski definition) is 0. The highest BCUT2D eigenvalue weighted by Gasteiger charge is 2.30. The summed E-state index contributed by atoms with van der Waals surface area (Å²) < 4.78 is 15.2. The molecule has 1 aliphatic heterocycles. The van der Waals surface area contributed by atoms with E-state index in [-0.39, 0.29) is 17.4 Å². The number of aryl methyl sites for hydroxylation is 1. The van der Waals surface area contributed by atoms with Crippen molar-refractivity contribution in [3.63, 3.8) is 0 Å². The first-order valence-electron chi connectivity index (χ1n) is 8.08. The van der Waals surface area contributed by atoms with Crippen LogP contribution in [0.1, 0.15) is 33.0 Å². The molecule has 4 rings (SSSR count). The van der Waals surface area contributed by atoms with Crippen molar-refractivity contribution in [3.8, 4) is 0 Å². The third-order valence-electron chi connectivity index (χ3n) is 4.56. The molecule has 0 saturated heterocycles. The topological polar surface area (TPSA) is 51.0 Å². The van der Waals surface area contributed by atoms with Gasteiger partial charge in [-0.3, -0.25) is 14.5 Å². The zero-order valence-electron chi connectivity index (χ0n) is 13.8. The summed E-state index contributed by atoms with van der Waals surface area (Å²) in [5.74, 6) is -0.674. The minimum Gasteiger partial charge on any atom is -0.333 e. The lowest BCUT2D eigenvalue weighted by Gasteiger charge is -2.34. The van der Waals surface area contributed by atoms with E-state index in [1.54, 1.807) is 9.58 Å². The van der Waals surface area contributed by atoms with E-state index in [9.17, 15) is 9.18 Å². The Bertz CT molecular complexity index is 936. The quantitative estimate of drug-likeness (QED) is 0.723. The molecule has 0 unspecified atom stereocenters. The van der Waals surface area contributed by atoms with Crippen LogP contribution in [0.3, 0.4) is 0 Å². The number of aromatic nitrogens is 3. The highest BCUT2D eigenvalue weighted by Crippen LogP contribution is 2.33. The molecule has 3 heterocycles. The van der Waals surface area contributed by atoms with E-state index < -0.39 is 5.82 Å². The van der Waals surface area contributed by atoms with E-state index in [0.29, 0.717) is 13.1 Å². The van der Waals surface area contributed by atoms with Crippen molar-refractivity contribution in [1.29, 1.82) is 0 Å². The summed E-state index contributed by atoms with van der Waals surface area (Å²) >= 11 is 0. The minimum atomic E-state index is -0.507. The number of pyridine rings is 1. The molecule has 3 aromatic rings. The number of amides is 1. The summed E-state index contributed by atoms with van der Waals surface area (Å²) in [5.41, 5.74) is 3.63. The Morgan fingerprint density at radius 1 is 1.24 bits per heavy atom. The molecule has 0 bridgehead atoms. The summed E-state index contributed by atoms with van der Waals surface area (Å²) in [4.78, 5) is 18.4. The Kier molecular flexibility index (Phi) is 3.80. The maximum atomic E-state index is 13.4. The van der Waals surface area contributed by atoms with E-state index in [0.717, 1.165) is 17.3 Å². The predicted octanol–water partition coefficient (Wildman–Crippen LogP) is 2.74. The maximum Gasteiger partial charge on any atom is 0.255 e. The molecule has 25 heavy (non-hydrogen) atoms. The number of halogens is 1. The van der Waals surface area contributed by atoms with Crippen molar-refractivity contribution >= 4 is 5.91 Å². The molecular weight excluding hydrogens is 319 g/mol. The van der Waals surface area contributed by atoms with E-state index in [1.165, 1.54) is 17.8 Å². The molecule has 0 fully saturated rings. The van der Waals surface area contributed by atoms with Gasteiger partial charge in [0.2, 0.25) is 0 Å². The van der Waals surface area contributed by atoms with E-state index in [2.05, 4.69) is 16.1 Å². The molecule has 1 amide bonds. The van der Waals surface area contributed by atoms with Gasteiger partial charge in [0, 0.05) is 38.4 Å². The lowest BCUT2D eigenvalue weighted by atomic mass is 9.86. The van der Waals surface area contributed by atoms with Crippen LogP contribution in [-0.2, 0) is 13.6 Å². The number of fused-ring (bicyclic) bond motifs is 1. The largest absolute Gasteiger partial charge is 0.333 e. The number of carbonyl (C=O) groups excluding carboxylic acids is 1. The first-order chi connectivity index (χ1) is 12.1. The fourth-order valence-electron chi connectivity index (χ4n) is 3.38. The van der Waals surface area contributed by atoms with Gasteiger partial charge in [-0.2, -0.15) is 5.10 Å². The fourth-order valence-corrected chi connectivity index (χ4v) is 3.38. The lowest BCUT2D eigenvalue weighted by Crippen LogP contribution is -2.38. The maximum absolute atomic E-state index is 13.4. The molecule has 2 aromatic heterocycles. The Hall–Kier alpha value is -3.02. The third-order valence-corrected chi connectivity index (χ3v) is 4.56. The molecular formula is C19H17FN4O. The van der Waals surface area contributed by atoms with Gasteiger partial charge in [0.05, 0.1) is 18.0 Å².